The van der Waals surface area contributed by atoms with E-state index in [1.807, 2.05) is 84.9 Å². The zero-order chi connectivity index (χ0) is 32.7. The molecule has 2 heterocycles. The largest absolute Gasteiger partial charge is 0.491 e. The monoisotopic (exact) mass is 648 g/mol. The molecule has 48 heavy (non-hydrogen) atoms. The van der Waals surface area contributed by atoms with Crippen molar-refractivity contribution < 1.29 is 37.3 Å². The van der Waals surface area contributed by atoms with Gasteiger partial charge in [0.15, 0.2) is 11.2 Å². The van der Waals surface area contributed by atoms with Crippen LogP contribution in [0.4, 0.5) is 0 Å². The van der Waals surface area contributed by atoms with Crippen molar-refractivity contribution >= 4 is 43.7 Å². The van der Waals surface area contributed by atoms with Gasteiger partial charge in [0.2, 0.25) is 11.8 Å². The Kier molecular flexibility index (Phi) is 9.76. The van der Waals surface area contributed by atoms with Gasteiger partial charge in [-0.05, 0) is 45.8 Å². The van der Waals surface area contributed by atoms with Crippen LogP contribution >= 0.6 is 0 Å². The molecule has 0 bridgehead atoms. The third-order valence-electron chi connectivity index (χ3n) is 7.89. The molecule has 0 saturated heterocycles. The summed E-state index contributed by atoms with van der Waals surface area (Å²) >= 11 is 0. The summed E-state index contributed by atoms with van der Waals surface area (Å²) in [5.41, 5.74) is 4.20. The molecule has 2 aromatic heterocycles. The first-order valence-corrected chi connectivity index (χ1v) is 15.9. The average Bonchev–Trinajstić information content (AvgIpc) is 3.72. The molecule has 0 spiro atoms. The van der Waals surface area contributed by atoms with Gasteiger partial charge in [-0.15, -0.1) is 0 Å². The molecule has 0 aliphatic heterocycles. The summed E-state index contributed by atoms with van der Waals surface area (Å²) in [7, 11) is 3.30. The van der Waals surface area contributed by atoms with Crippen LogP contribution in [0.5, 0.6) is 11.5 Å². The number of aromatic nitrogens is 2. The second-order valence-electron chi connectivity index (χ2n) is 11.1. The number of oxazole rings is 2. The number of nitrogens with zero attached hydrogens (tertiary/aromatic N) is 2. The molecule has 10 nitrogen and oxygen atoms in total. The van der Waals surface area contributed by atoms with Crippen molar-refractivity contribution in [2.45, 2.75) is 0 Å². The van der Waals surface area contributed by atoms with Gasteiger partial charge in [-0.3, -0.25) is 0 Å². The van der Waals surface area contributed by atoms with Gasteiger partial charge in [-0.25, -0.2) is 9.97 Å². The first-order chi connectivity index (χ1) is 23.7. The summed E-state index contributed by atoms with van der Waals surface area (Å²) in [6, 6.07) is 27.8. The average molecular weight is 649 g/mol. The molecule has 0 aliphatic carbocycles. The number of hydrogen-bond donors (Lipinski definition) is 0. The Labute approximate surface area is 277 Å². The summed E-state index contributed by atoms with van der Waals surface area (Å²) in [4.78, 5) is 9.75. The van der Waals surface area contributed by atoms with Crippen LogP contribution in [0.15, 0.2) is 93.8 Å². The van der Waals surface area contributed by atoms with E-state index in [-0.39, 0.29) is 0 Å². The van der Waals surface area contributed by atoms with Crippen LogP contribution in [-0.4, -0.2) is 77.0 Å². The Morgan fingerprint density at radius 1 is 0.500 bits per heavy atom. The van der Waals surface area contributed by atoms with Gasteiger partial charge in [-0.2, -0.15) is 0 Å². The highest BCUT2D eigenvalue weighted by molar-refractivity contribution is 6.00. The number of methoxy groups -OCH3 is 2. The maximum atomic E-state index is 6.35. The highest BCUT2D eigenvalue weighted by Crippen LogP contribution is 2.38. The van der Waals surface area contributed by atoms with Crippen LogP contribution in [0.25, 0.3) is 66.7 Å². The molecular weight excluding hydrogens is 612 g/mol. The minimum atomic E-state index is 0.410. The first-order valence-electron chi connectivity index (χ1n) is 15.9. The van der Waals surface area contributed by atoms with Gasteiger partial charge < -0.3 is 37.3 Å². The van der Waals surface area contributed by atoms with Crippen LogP contribution in [0.2, 0.25) is 0 Å². The van der Waals surface area contributed by atoms with E-state index in [0.29, 0.717) is 98.3 Å². The SMILES string of the molecule is COCCOCCOc1cc(-c2nc3cc4oc(-c5cc(OCCOCCOC)cc6ccccc56)nc4cc3o2)c2ccccc2c1. The zero-order valence-corrected chi connectivity index (χ0v) is 26.9. The third-order valence-corrected chi connectivity index (χ3v) is 7.89. The molecule has 0 amide bonds. The van der Waals surface area contributed by atoms with E-state index in [1.165, 1.54) is 0 Å². The molecule has 0 aliphatic rings. The number of fused-ring (bicyclic) bond motifs is 4. The second kappa shape index (κ2) is 14.8. The molecule has 0 fully saturated rings. The van der Waals surface area contributed by atoms with Gasteiger partial charge in [0, 0.05) is 37.5 Å². The quantitative estimate of drug-likeness (QED) is 0.0968. The lowest BCUT2D eigenvalue weighted by molar-refractivity contribution is 0.0544. The topological polar surface area (TPSA) is 107 Å². The van der Waals surface area contributed by atoms with E-state index in [2.05, 4.69) is 0 Å². The molecule has 246 valence electrons. The number of ether oxygens (including phenoxy) is 6. The minimum absolute atomic E-state index is 0.410. The van der Waals surface area contributed by atoms with Gasteiger partial charge >= 0.3 is 0 Å². The second-order valence-corrected chi connectivity index (χ2v) is 11.1. The molecule has 5 aromatic carbocycles. The Morgan fingerprint density at radius 2 is 0.938 bits per heavy atom. The van der Waals surface area contributed by atoms with E-state index in [0.717, 1.165) is 32.7 Å². The van der Waals surface area contributed by atoms with Crippen molar-refractivity contribution in [3.8, 4) is 34.4 Å². The Bertz CT molecular complexity index is 1950. The van der Waals surface area contributed by atoms with Crippen LogP contribution in [0.3, 0.4) is 0 Å². The predicted octanol–water partition coefficient (Wildman–Crippen LogP) is 7.69. The maximum Gasteiger partial charge on any atom is 0.228 e. The third kappa shape index (κ3) is 6.97. The number of hydrogen-bond acceptors (Lipinski definition) is 10. The number of rotatable bonds is 16. The van der Waals surface area contributed by atoms with Crippen molar-refractivity contribution in [3.63, 3.8) is 0 Å². The van der Waals surface area contributed by atoms with Crippen molar-refractivity contribution in [2.24, 2.45) is 0 Å². The predicted molar refractivity (Wildman–Crippen MR) is 184 cm³/mol. The van der Waals surface area contributed by atoms with Crippen molar-refractivity contribution in [2.75, 3.05) is 67.1 Å². The lowest BCUT2D eigenvalue weighted by atomic mass is 10.0. The molecule has 7 rings (SSSR count). The lowest BCUT2D eigenvalue weighted by Gasteiger charge is -2.10. The zero-order valence-electron chi connectivity index (χ0n) is 26.9. The highest BCUT2D eigenvalue weighted by atomic mass is 16.5. The minimum Gasteiger partial charge on any atom is -0.491 e. The summed E-state index contributed by atoms with van der Waals surface area (Å²) in [5.74, 6) is 2.38. The first kappa shape index (κ1) is 31.6. The normalized spacial score (nSPS) is 11.7. The van der Waals surface area contributed by atoms with Crippen molar-refractivity contribution in [1.29, 1.82) is 0 Å². The van der Waals surface area contributed by atoms with Crippen molar-refractivity contribution in [3.05, 3.63) is 84.9 Å². The van der Waals surface area contributed by atoms with Gasteiger partial charge in [0.1, 0.15) is 35.7 Å². The van der Waals surface area contributed by atoms with E-state index in [1.54, 1.807) is 14.2 Å². The van der Waals surface area contributed by atoms with E-state index in [9.17, 15) is 0 Å². The Morgan fingerprint density at radius 3 is 1.40 bits per heavy atom. The summed E-state index contributed by atoms with van der Waals surface area (Å²) in [5, 5.41) is 4.05. The molecule has 7 aromatic rings. The fourth-order valence-electron chi connectivity index (χ4n) is 5.59. The highest BCUT2D eigenvalue weighted by Gasteiger charge is 2.18. The van der Waals surface area contributed by atoms with Crippen LogP contribution in [0, 0.1) is 0 Å². The fourth-order valence-corrected chi connectivity index (χ4v) is 5.59. The molecule has 0 saturated carbocycles. The van der Waals surface area contributed by atoms with Gasteiger partial charge in [0.25, 0.3) is 0 Å². The Hall–Kier alpha value is -5.00. The van der Waals surface area contributed by atoms with Crippen LogP contribution in [-0.2, 0) is 18.9 Å². The molecular formula is C38H36N2O8. The molecule has 0 N–H and O–H groups in total. The van der Waals surface area contributed by atoms with Gasteiger partial charge in [-0.1, -0.05) is 48.5 Å². The molecule has 0 radical (unpaired) electrons. The summed E-state index contributed by atoms with van der Waals surface area (Å²) in [6.45, 7) is 3.87. The van der Waals surface area contributed by atoms with Crippen LogP contribution in [0.1, 0.15) is 0 Å². The standard InChI is InChI=1S/C38H36N2O8/c1-41-11-13-43-15-17-45-27-19-25-7-3-5-9-29(25)31(21-27)37-39-33-23-36-34(24-35(33)47-37)40-38(48-36)32-22-28(46-18-16-44-14-12-42-2)20-26-8-4-6-10-30(26)32/h3-10,19-24H,11-18H2,1-2H3. The lowest BCUT2D eigenvalue weighted by Crippen LogP contribution is -2.10. The molecule has 10 heteroatoms. The maximum absolute atomic E-state index is 6.35. The van der Waals surface area contributed by atoms with Crippen LogP contribution < -0.4 is 9.47 Å². The Balaban J connectivity index is 1.17. The summed E-state index contributed by atoms with van der Waals surface area (Å²) in [6.07, 6.45) is 0. The van der Waals surface area contributed by atoms with Crippen molar-refractivity contribution in [1.82, 2.24) is 9.97 Å². The van der Waals surface area contributed by atoms with Gasteiger partial charge in [0.05, 0.1) is 39.6 Å². The van der Waals surface area contributed by atoms with E-state index >= 15 is 0 Å². The fraction of sp³-hybridized carbons (Fsp3) is 0.263. The molecule has 0 unspecified atom stereocenters. The van der Waals surface area contributed by atoms with E-state index < -0.39 is 0 Å². The smallest absolute Gasteiger partial charge is 0.228 e. The number of benzene rings is 5. The van der Waals surface area contributed by atoms with E-state index in [4.69, 9.17) is 47.2 Å². The summed E-state index contributed by atoms with van der Waals surface area (Å²) < 4.78 is 45.9. The molecule has 0 atom stereocenters.